The molecule has 1 unspecified atom stereocenters. The average molecular weight is 338 g/mol. The maximum atomic E-state index is 12.5. The lowest BCUT2D eigenvalue weighted by atomic mass is 10.0. The lowest BCUT2D eigenvalue weighted by Gasteiger charge is -2.35. The molecule has 0 bridgehead atoms. The Morgan fingerprint density at radius 3 is 2.71 bits per heavy atom. The van der Waals surface area contributed by atoms with Gasteiger partial charge < -0.3 is 5.32 Å². The van der Waals surface area contributed by atoms with Gasteiger partial charge in [0, 0.05) is 31.7 Å². The third-order valence-corrected chi connectivity index (χ3v) is 6.07. The Morgan fingerprint density at radius 1 is 1.29 bits per heavy atom. The molecule has 0 amide bonds. The van der Waals surface area contributed by atoms with Crippen molar-refractivity contribution >= 4 is 22.0 Å². The fourth-order valence-corrected chi connectivity index (χ4v) is 4.52. The van der Waals surface area contributed by atoms with Crippen molar-refractivity contribution in [3.05, 3.63) is 0 Å². The van der Waals surface area contributed by atoms with Gasteiger partial charge in [-0.25, -0.2) is 4.72 Å². The summed E-state index contributed by atoms with van der Waals surface area (Å²) < 4.78 is 29.3. The van der Waals surface area contributed by atoms with Crippen molar-refractivity contribution in [2.45, 2.75) is 58.0 Å². The topological polar surface area (TPSA) is 61.4 Å². The Morgan fingerprint density at radius 2 is 2.05 bits per heavy atom. The quantitative estimate of drug-likeness (QED) is 0.597. The minimum Gasteiger partial charge on any atom is -0.313 e. The summed E-state index contributed by atoms with van der Waals surface area (Å²) in [5, 5.41) is 3.36. The molecule has 1 aliphatic heterocycles. The Bertz CT molecular complexity index is 374. The van der Waals surface area contributed by atoms with Crippen molar-refractivity contribution in [3.8, 4) is 0 Å². The third kappa shape index (κ3) is 7.32. The average Bonchev–Trinajstić information content (AvgIpc) is 2.45. The minimum atomic E-state index is -3.33. The van der Waals surface area contributed by atoms with Crippen LogP contribution >= 0.6 is 11.8 Å². The summed E-state index contributed by atoms with van der Waals surface area (Å²) in [5.74, 6) is 1.09. The van der Waals surface area contributed by atoms with Crippen LogP contribution in [0.1, 0.15) is 46.0 Å². The summed E-state index contributed by atoms with van der Waals surface area (Å²) in [5.41, 5.74) is 0. The number of unbranched alkanes of at least 4 members (excludes halogenated alkanes) is 1. The zero-order valence-electron chi connectivity index (χ0n) is 13.6. The summed E-state index contributed by atoms with van der Waals surface area (Å²) in [4.78, 5) is 0. The highest BCUT2D eigenvalue weighted by Crippen LogP contribution is 2.19. The summed E-state index contributed by atoms with van der Waals surface area (Å²) >= 11 is 1.80. The van der Waals surface area contributed by atoms with Crippen LogP contribution in [0.2, 0.25) is 0 Å². The van der Waals surface area contributed by atoms with Crippen molar-refractivity contribution < 1.29 is 8.42 Å². The van der Waals surface area contributed by atoms with Gasteiger partial charge in [-0.1, -0.05) is 20.3 Å². The number of hydrogen-bond donors (Lipinski definition) is 2. The number of rotatable bonds is 10. The molecule has 0 aromatic rings. The minimum absolute atomic E-state index is 0.0878. The van der Waals surface area contributed by atoms with Gasteiger partial charge in [-0.3, -0.25) is 0 Å². The van der Waals surface area contributed by atoms with Crippen LogP contribution in [-0.2, 0) is 10.2 Å². The normalized spacial score (nSPS) is 21.0. The highest BCUT2D eigenvalue weighted by Gasteiger charge is 2.31. The smallest absolute Gasteiger partial charge is 0.279 e. The van der Waals surface area contributed by atoms with Gasteiger partial charge in [0.05, 0.1) is 0 Å². The molecule has 0 aliphatic carbocycles. The van der Waals surface area contributed by atoms with Gasteiger partial charge >= 0.3 is 0 Å². The third-order valence-electron chi connectivity index (χ3n) is 3.70. The van der Waals surface area contributed by atoms with E-state index in [0.29, 0.717) is 19.1 Å². The number of hydrogen-bond acceptors (Lipinski definition) is 4. The van der Waals surface area contributed by atoms with E-state index in [4.69, 9.17) is 0 Å². The van der Waals surface area contributed by atoms with Crippen LogP contribution in [0.15, 0.2) is 0 Å². The monoisotopic (exact) mass is 337 g/mol. The fraction of sp³-hybridized carbons (Fsp3) is 1.00. The molecule has 5 nitrogen and oxygen atoms in total. The summed E-state index contributed by atoms with van der Waals surface area (Å²) in [6.45, 7) is 6.11. The summed E-state index contributed by atoms with van der Waals surface area (Å²) in [6.07, 6.45) is 7.07. The number of nitrogens with one attached hydrogen (secondary N) is 2. The van der Waals surface area contributed by atoms with E-state index in [1.54, 1.807) is 16.1 Å². The van der Waals surface area contributed by atoms with Crippen LogP contribution in [0, 0.1) is 0 Å². The predicted octanol–water partition coefficient (Wildman–Crippen LogP) is 1.82. The van der Waals surface area contributed by atoms with Gasteiger partial charge in [-0.05, 0) is 37.7 Å². The first-order valence-corrected chi connectivity index (χ1v) is 10.8. The summed E-state index contributed by atoms with van der Waals surface area (Å²) in [7, 11) is -3.33. The van der Waals surface area contributed by atoms with E-state index in [1.165, 1.54) is 0 Å². The Hall–Kier alpha value is 0.180. The van der Waals surface area contributed by atoms with Gasteiger partial charge in [0.15, 0.2) is 0 Å². The highest BCUT2D eigenvalue weighted by molar-refractivity contribution is 7.98. The SMILES string of the molecule is CSCCCCNS(=O)(=O)N1CCCCC1CNC(C)C. The van der Waals surface area contributed by atoms with Gasteiger partial charge in [0.2, 0.25) is 0 Å². The molecular formula is C14H31N3O2S2. The molecule has 0 aromatic heterocycles. The lowest BCUT2D eigenvalue weighted by molar-refractivity contribution is 0.239. The predicted molar refractivity (Wildman–Crippen MR) is 92.0 cm³/mol. The zero-order valence-corrected chi connectivity index (χ0v) is 15.2. The van der Waals surface area contributed by atoms with Gasteiger partial charge in [-0.15, -0.1) is 0 Å². The first-order valence-electron chi connectivity index (χ1n) is 7.96. The van der Waals surface area contributed by atoms with Gasteiger partial charge in [-0.2, -0.15) is 24.5 Å². The van der Waals surface area contributed by atoms with E-state index >= 15 is 0 Å². The highest BCUT2D eigenvalue weighted by atomic mass is 32.2. The van der Waals surface area contributed by atoms with Crippen molar-refractivity contribution in [1.29, 1.82) is 0 Å². The van der Waals surface area contributed by atoms with E-state index in [1.807, 2.05) is 0 Å². The molecule has 0 saturated carbocycles. The number of piperidine rings is 1. The first kappa shape index (κ1) is 19.2. The van der Waals surface area contributed by atoms with E-state index in [-0.39, 0.29) is 6.04 Å². The first-order chi connectivity index (χ1) is 9.97. The molecule has 7 heteroatoms. The van der Waals surface area contributed by atoms with E-state index in [9.17, 15) is 8.42 Å². The van der Waals surface area contributed by atoms with E-state index < -0.39 is 10.2 Å². The van der Waals surface area contributed by atoms with Gasteiger partial charge in [0.25, 0.3) is 10.2 Å². The summed E-state index contributed by atoms with van der Waals surface area (Å²) in [6, 6.07) is 0.473. The molecule has 1 fully saturated rings. The van der Waals surface area contributed by atoms with Crippen molar-refractivity contribution in [2.24, 2.45) is 0 Å². The second-order valence-corrected chi connectivity index (χ2v) is 8.62. The van der Waals surface area contributed by atoms with E-state index in [2.05, 4.69) is 30.1 Å². The van der Waals surface area contributed by atoms with Crippen LogP contribution in [0.25, 0.3) is 0 Å². The van der Waals surface area contributed by atoms with Crippen molar-refractivity contribution in [3.63, 3.8) is 0 Å². The molecule has 1 atom stereocenters. The Kier molecular flexibility index (Phi) is 9.20. The van der Waals surface area contributed by atoms with Crippen LogP contribution in [0.4, 0.5) is 0 Å². The van der Waals surface area contributed by atoms with Crippen LogP contribution in [0.3, 0.4) is 0 Å². The van der Waals surface area contributed by atoms with Gasteiger partial charge in [0.1, 0.15) is 0 Å². The molecule has 1 rings (SSSR count). The molecule has 1 saturated heterocycles. The molecule has 1 heterocycles. The van der Waals surface area contributed by atoms with E-state index in [0.717, 1.165) is 44.4 Å². The number of nitrogens with zero attached hydrogens (tertiary/aromatic N) is 1. The Balaban J connectivity index is 2.48. The van der Waals surface area contributed by atoms with Crippen LogP contribution in [-0.4, -0.2) is 56.4 Å². The molecule has 1 aliphatic rings. The second-order valence-electron chi connectivity index (χ2n) is 5.92. The number of thioether (sulfide) groups is 1. The van der Waals surface area contributed by atoms with Crippen LogP contribution in [0.5, 0.6) is 0 Å². The second kappa shape index (κ2) is 10.0. The maximum absolute atomic E-state index is 12.5. The molecule has 2 N–H and O–H groups in total. The Labute approximate surface area is 134 Å². The van der Waals surface area contributed by atoms with Crippen molar-refractivity contribution in [1.82, 2.24) is 14.3 Å². The zero-order chi connectivity index (χ0) is 15.7. The molecule has 21 heavy (non-hydrogen) atoms. The molecule has 0 radical (unpaired) electrons. The largest absolute Gasteiger partial charge is 0.313 e. The maximum Gasteiger partial charge on any atom is 0.279 e. The fourth-order valence-electron chi connectivity index (χ4n) is 2.52. The molecule has 0 spiro atoms. The lowest BCUT2D eigenvalue weighted by Crippen LogP contribution is -2.53. The van der Waals surface area contributed by atoms with Crippen LogP contribution < -0.4 is 10.0 Å². The molecular weight excluding hydrogens is 306 g/mol. The molecule has 0 aromatic carbocycles. The van der Waals surface area contributed by atoms with Crippen molar-refractivity contribution in [2.75, 3.05) is 31.6 Å². The molecule has 126 valence electrons. The standard InChI is InChI=1S/C14H31N3O2S2/c1-13(2)15-12-14-8-4-6-10-17(14)21(18,19)16-9-5-7-11-20-3/h13-16H,4-12H2,1-3H3.